The molecule has 4 rings (SSSR count). The molecule has 0 spiro atoms. The standard InChI is InChI=1S/C27H25FN2O4/c1-16(2)17-7-11-21(12-8-17)30-26(31)24(18-5-9-19(28)10-6-18)25(27(30)32)29-20-13-22(33-3)15-23(14-20)34-4/h5-16,29H,1-4H3. The molecule has 174 valence electrons. The highest BCUT2D eigenvalue weighted by atomic mass is 19.1. The summed E-state index contributed by atoms with van der Waals surface area (Å²) in [5, 5.41) is 3.08. The Labute approximate surface area is 197 Å². The maximum absolute atomic E-state index is 13.6. The third-order valence-electron chi connectivity index (χ3n) is 5.66. The molecular formula is C27H25FN2O4. The average Bonchev–Trinajstić information content (AvgIpc) is 3.08. The van der Waals surface area contributed by atoms with E-state index in [2.05, 4.69) is 19.2 Å². The number of anilines is 2. The van der Waals surface area contributed by atoms with Gasteiger partial charge in [-0.25, -0.2) is 9.29 Å². The molecular weight excluding hydrogens is 435 g/mol. The molecule has 0 saturated carbocycles. The lowest BCUT2D eigenvalue weighted by Gasteiger charge is -2.17. The summed E-state index contributed by atoms with van der Waals surface area (Å²) in [7, 11) is 3.04. The summed E-state index contributed by atoms with van der Waals surface area (Å²) in [5.74, 6) is -0.0939. The molecule has 34 heavy (non-hydrogen) atoms. The Morgan fingerprint density at radius 2 is 1.41 bits per heavy atom. The molecule has 1 N–H and O–H groups in total. The number of hydrogen-bond acceptors (Lipinski definition) is 5. The summed E-state index contributed by atoms with van der Waals surface area (Å²) in [6, 6.07) is 17.9. The van der Waals surface area contributed by atoms with Crippen LogP contribution in [0.2, 0.25) is 0 Å². The van der Waals surface area contributed by atoms with Gasteiger partial charge in [-0.15, -0.1) is 0 Å². The number of amides is 2. The van der Waals surface area contributed by atoms with Crippen molar-refractivity contribution >= 4 is 28.8 Å². The number of nitrogens with zero attached hydrogens (tertiary/aromatic N) is 1. The van der Waals surface area contributed by atoms with Gasteiger partial charge in [-0.2, -0.15) is 0 Å². The molecule has 1 aliphatic rings. The predicted octanol–water partition coefficient (Wildman–Crippen LogP) is 5.36. The molecule has 0 aliphatic carbocycles. The van der Waals surface area contributed by atoms with Crippen molar-refractivity contribution in [3.05, 3.63) is 89.4 Å². The molecule has 7 heteroatoms. The molecule has 2 amide bonds. The number of carbonyl (C=O) groups is 2. The van der Waals surface area contributed by atoms with E-state index in [4.69, 9.17) is 9.47 Å². The van der Waals surface area contributed by atoms with Crippen LogP contribution in [-0.4, -0.2) is 26.0 Å². The van der Waals surface area contributed by atoms with E-state index in [1.165, 1.54) is 38.5 Å². The van der Waals surface area contributed by atoms with Crippen LogP contribution in [0.3, 0.4) is 0 Å². The molecule has 3 aromatic rings. The van der Waals surface area contributed by atoms with E-state index < -0.39 is 17.6 Å². The lowest BCUT2D eigenvalue weighted by molar-refractivity contribution is -0.120. The van der Waals surface area contributed by atoms with Crippen molar-refractivity contribution in [1.29, 1.82) is 0 Å². The Hall–Kier alpha value is -4.13. The Kier molecular flexibility index (Phi) is 6.36. The lowest BCUT2D eigenvalue weighted by atomic mass is 10.0. The Morgan fingerprint density at radius 1 is 0.824 bits per heavy atom. The van der Waals surface area contributed by atoms with Crippen LogP contribution in [0.15, 0.2) is 72.4 Å². The second-order valence-corrected chi connectivity index (χ2v) is 8.18. The fraction of sp³-hybridized carbons (Fsp3) is 0.185. The van der Waals surface area contributed by atoms with Crippen molar-refractivity contribution in [3.8, 4) is 11.5 Å². The van der Waals surface area contributed by atoms with Crippen LogP contribution in [0, 0.1) is 5.82 Å². The zero-order chi connectivity index (χ0) is 24.4. The van der Waals surface area contributed by atoms with Gasteiger partial charge in [-0.1, -0.05) is 38.1 Å². The third kappa shape index (κ3) is 4.37. The van der Waals surface area contributed by atoms with Gasteiger partial charge in [0.05, 0.1) is 25.5 Å². The van der Waals surface area contributed by atoms with E-state index in [0.29, 0.717) is 34.4 Å². The molecule has 1 heterocycles. The molecule has 6 nitrogen and oxygen atoms in total. The summed E-state index contributed by atoms with van der Waals surface area (Å²) in [6.45, 7) is 4.14. The first-order valence-electron chi connectivity index (χ1n) is 10.8. The number of hydrogen-bond donors (Lipinski definition) is 1. The van der Waals surface area contributed by atoms with Gasteiger partial charge in [-0.05, 0) is 41.3 Å². The van der Waals surface area contributed by atoms with E-state index >= 15 is 0 Å². The fourth-order valence-electron chi connectivity index (χ4n) is 3.80. The van der Waals surface area contributed by atoms with Crippen LogP contribution in [0.4, 0.5) is 15.8 Å². The van der Waals surface area contributed by atoms with Gasteiger partial charge in [-0.3, -0.25) is 9.59 Å². The van der Waals surface area contributed by atoms with E-state index in [0.717, 1.165) is 10.5 Å². The first-order valence-corrected chi connectivity index (χ1v) is 10.8. The summed E-state index contributed by atoms with van der Waals surface area (Å²) >= 11 is 0. The maximum Gasteiger partial charge on any atom is 0.282 e. The Morgan fingerprint density at radius 3 is 1.94 bits per heavy atom. The maximum atomic E-state index is 13.6. The van der Waals surface area contributed by atoms with Gasteiger partial charge >= 0.3 is 0 Å². The molecule has 0 aromatic heterocycles. The van der Waals surface area contributed by atoms with Crippen molar-refractivity contribution in [2.75, 3.05) is 24.4 Å². The fourth-order valence-corrected chi connectivity index (χ4v) is 3.80. The number of rotatable bonds is 7. The summed E-state index contributed by atoms with van der Waals surface area (Å²) < 4.78 is 24.2. The minimum Gasteiger partial charge on any atom is -0.497 e. The van der Waals surface area contributed by atoms with Crippen LogP contribution in [0.5, 0.6) is 11.5 Å². The monoisotopic (exact) mass is 460 g/mol. The van der Waals surface area contributed by atoms with Crippen LogP contribution in [0.25, 0.3) is 5.57 Å². The molecule has 0 fully saturated rings. The molecule has 0 saturated heterocycles. The topological polar surface area (TPSA) is 67.9 Å². The first-order chi connectivity index (χ1) is 16.3. The quantitative estimate of drug-likeness (QED) is 0.481. The van der Waals surface area contributed by atoms with Crippen LogP contribution >= 0.6 is 0 Å². The minimum absolute atomic E-state index is 0.0832. The highest BCUT2D eigenvalue weighted by Gasteiger charge is 2.40. The van der Waals surface area contributed by atoms with E-state index in [-0.39, 0.29) is 11.3 Å². The predicted molar refractivity (Wildman–Crippen MR) is 130 cm³/mol. The number of nitrogens with one attached hydrogen (secondary N) is 1. The van der Waals surface area contributed by atoms with Crippen LogP contribution in [-0.2, 0) is 9.59 Å². The summed E-state index contributed by atoms with van der Waals surface area (Å²) in [4.78, 5) is 28.2. The van der Waals surface area contributed by atoms with E-state index in [1.807, 2.05) is 12.1 Å². The number of ether oxygens (including phenoxy) is 2. The van der Waals surface area contributed by atoms with Gasteiger partial charge < -0.3 is 14.8 Å². The highest BCUT2D eigenvalue weighted by molar-refractivity contribution is 6.46. The minimum atomic E-state index is -0.511. The summed E-state index contributed by atoms with van der Waals surface area (Å²) in [5.41, 5.74) is 2.72. The van der Waals surface area contributed by atoms with Gasteiger partial charge in [0, 0.05) is 23.9 Å². The lowest BCUT2D eigenvalue weighted by Crippen LogP contribution is -2.32. The molecule has 0 atom stereocenters. The van der Waals surface area contributed by atoms with Gasteiger partial charge in [0.15, 0.2) is 0 Å². The van der Waals surface area contributed by atoms with Crippen molar-refractivity contribution in [2.24, 2.45) is 0 Å². The number of carbonyl (C=O) groups excluding carboxylic acids is 2. The van der Waals surface area contributed by atoms with E-state index in [9.17, 15) is 14.0 Å². The zero-order valence-electron chi connectivity index (χ0n) is 19.4. The average molecular weight is 461 g/mol. The van der Waals surface area contributed by atoms with Crippen LogP contribution in [0.1, 0.15) is 30.9 Å². The molecule has 3 aromatic carbocycles. The second kappa shape index (κ2) is 9.39. The second-order valence-electron chi connectivity index (χ2n) is 8.18. The Bertz CT molecular complexity index is 1240. The molecule has 0 radical (unpaired) electrons. The molecule has 1 aliphatic heterocycles. The number of methoxy groups -OCH3 is 2. The number of halogens is 1. The van der Waals surface area contributed by atoms with E-state index in [1.54, 1.807) is 30.3 Å². The largest absolute Gasteiger partial charge is 0.497 e. The van der Waals surface area contributed by atoms with Crippen molar-refractivity contribution in [1.82, 2.24) is 0 Å². The number of benzene rings is 3. The van der Waals surface area contributed by atoms with Gasteiger partial charge in [0.1, 0.15) is 23.0 Å². The SMILES string of the molecule is COc1cc(NC2=C(c3ccc(F)cc3)C(=O)N(c3ccc(C(C)C)cc3)C2=O)cc(OC)c1. The van der Waals surface area contributed by atoms with Crippen molar-refractivity contribution in [2.45, 2.75) is 19.8 Å². The van der Waals surface area contributed by atoms with Crippen molar-refractivity contribution in [3.63, 3.8) is 0 Å². The highest BCUT2D eigenvalue weighted by Crippen LogP contribution is 2.35. The molecule has 0 unspecified atom stereocenters. The first kappa shape index (κ1) is 23.0. The smallest absolute Gasteiger partial charge is 0.282 e. The van der Waals surface area contributed by atoms with Gasteiger partial charge in [0.25, 0.3) is 11.8 Å². The number of imide groups is 1. The molecule has 0 bridgehead atoms. The summed E-state index contributed by atoms with van der Waals surface area (Å²) in [6.07, 6.45) is 0. The van der Waals surface area contributed by atoms with Crippen molar-refractivity contribution < 1.29 is 23.5 Å². The Balaban J connectivity index is 1.80. The third-order valence-corrected chi connectivity index (χ3v) is 5.66. The normalized spacial score (nSPS) is 13.6. The van der Waals surface area contributed by atoms with Gasteiger partial charge in [0.2, 0.25) is 0 Å². The zero-order valence-corrected chi connectivity index (χ0v) is 19.4. The van der Waals surface area contributed by atoms with Crippen LogP contribution < -0.4 is 19.7 Å².